The first-order valence-electron chi connectivity index (χ1n) is 2.25. The minimum absolute atomic E-state index is 0.695. The van der Waals surface area contributed by atoms with Gasteiger partial charge in [-0.2, -0.15) is 5.10 Å². The third-order valence-corrected chi connectivity index (χ3v) is 0.457. The molecular weight excluding hydrogens is 92.1 g/mol. The average Bonchev–Trinajstić information content (AvgIpc) is 1.69. The number of hydrogen-bond acceptors (Lipinski definition) is 3. The Labute approximate surface area is 43.2 Å². The smallest absolute Gasteiger partial charge is 0.192 e. The van der Waals surface area contributed by atoms with E-state index in [1.165, 1.54) is 6.40 Å². The van der Waals surface area contributed by atoms with Crippen molar-refractivity contribution in [1.82, 2.24) is 0 Å². The first-order chi connectivity index (χ1) is 3.41. The lowest BCUT2D eigenvalue weighted by atomic mass is 10.5. The van der Waals surface area contributed by atoms with Crippen molar-refractivity contribution >= 4 is 6.40 Å². The van der Waals surface area contributed by atoms with Gasteiger partial charge in [-0.1, -0.05) is 6.92 Å². The van der Waals surface area contributed by atoms with Gasteiger partial charge in [0.25, 0.3) is 0 Å². The number of nitrogens with zero attached hydrogens (tertiary/aromatic N) is 1. The van der Waals surface area contributed by atoms with E-state index in [2.05, 4.69) is 5.10 Å². The second-order valence-electron chi connectivity index (χ2n) is 1.13. The van der Waals surface area contributed by atoms with E-state index in [0.29, 0.717) is 6.61 Å². The zero-order chi connectivity index (χ0) is 5.54. The molecule has 42 valence electrons. The lowest BCUT2D eigenvalue weighted by molar-refractivity contribution is 0.318. The average molecular weight is 102 g/mol. The third-order valence-electron chi connectivity index (χ3n) is 0.457. The molecule has 7 heavy (non-hydrogen) atoms. The number of rotatable bonds is 3. The maximum atomic E-state index is 4.72. The van der Waals surface area contributed by atoms with Gasteiger partial charge in [-0.3, -0.25) is 0 Å². The third kappa shape index (κ3) is 5.27. The first kappa shape index (κ1) is 6.27. The quantitative estimate of drug-likeness (QED) is 0.183. The summed E-state index contributed by atoms with van der Waals surface area (Å²) in [6.45, 7) is 2.71. The molecule has 0 aliphatic carbocycles. The zero-order valence-corrected chi connectivity index (χ0v) is 4.42. The van der Waals surface area contributed by atoms with Crippen molar-refractivity contribution in [1.29, 1.82) is 0 Å². The number of ether oxygens (including phenoxy) is 1. The topological polar surface area (TPSA) is 47.6 Å². The summed E-state index contributed by atoms with van der Waals surface area (Å²) in [4.78, 5) is 0. The van der Waals surface area contributed by atoms with Crippen LogP contribution >= 0.6 is 0 Å². The molecule has 0 aromatic carbocycles. The molecule has 3 heteroatoms. The predicted molar refractivity (Wildman–Crippen MR) is 28.9 cm³/mol. The van der Waals surface area contributed by atoms with Gasteiger partial charge >= 0.3 is 0 Å². The van der Waals surface area contributed by atoms with Gasteiger partial charge in [-0.05, 0) is 6.42 Å². The second kappa shape index (κ2) is 5.27. The Kier molecular flexibility index (Phi) is 4.72. The standard InChI is InChI=1S/C4H10N2O/c1-2-3-7-4-6-5/h4H,2-3,5H2,1H3/b6-4-. The summed E-state index contributed by atoms with van der Waals surface area (Å²) in [6, 6.07) is 0. The van der Waals surface area contributed by atoms with E-state index in [1.807, 2.05) is 6.92 Å². The van der Waals surface area contributed by atoms with Crippen LogP contribution in [-0.4, -0.2) is 13.0 Å². The van der Waals surface area contributed by atoms with Crippen LogP contribution < -0.4 is 5.84 Å². The van der Waals surface area contributed by atoms with Crippen LogP contribution in [0.5, 0.6) is 0 Å². The second-order valence-corrected chi connectivity index (χ2v) is 1.13. The van der Waals surface area contributed by atoms with Gasteiger partial charge in [0.05, 0.1) is 6.61 Å². The highest BCUT2D eigenvalue weighted by molar-refractivity contribution is 5.45. The summed E-state index contributed by atoms with van der Waals surface area (Å²) < 4.78 is 4.72. The van der Waals surface area contributed by atoms with E-state index in [4.69, 9.17) is 10.6 Å². The van der Waals surface area contributed by atoms with Crippen LogP contribution in [0.4, 0.5) is 0 Å². The van der Waals surface area contributed by atoms with Crippen molar-refractivity contribution in [2.24, 2.45) is 10.9 Å². The molecule has 0 aromatic rings. The molecule has 0 aliphatic rings. The molecule has 0 aliphatic heterocycles. The summed E-state index contributed by atoms with van der Waals surface area (Å²) in [5, 5.41) is 3.13. The predicted octanol–water partition coefficient (Wildman–Crippen LogP) is 0.315. The van der Waals surface area contributed by atoms with E-state index in [9.17, 15) is 0 Å². The molecule has 0 unspecified atom stereocenters. The van der Waals surface area contributed by atoms with Crippen LogP contribution in [-0.2, 0) is 4.74 Å². The van der Waals surface area contributed by atoms with Gasteiger partial charge < -0.3 is 10.6 Å². The lowest BCUT2D eigenvalue weighted by Gasteiger charge is -1.90. The van der Waals surface area contributed by atoms with Crippen LogP contribution in [0.2, 0.25) is 0 Å². The fraction of sp³-hybridized carbons (Fsp3) is 0.750. The Balaban J connectivity index is 2.69. The highest BCUT2D eigenvalue weighted by atomic mass is 16.5. The van der Waals surface area contributed by atoms with Gasteiger partial charge in [-0.15, -0.1) is 0 Å². The fourth-order valence-corrected chi connectivity index (χ4v) is 0.214. The molecule has 0 radical (unpaired) electrons. The fourth-order valence-electron chi connectivity index (χ4n) is 0.214. The molecule has 0 amide bonds. The van der Waals surface area contributed by atoms with Crippen molar-refractivity contribution in [2.45, 2.75) is 13.3 Å². The van der Waals surface area contributed by atoms with E-state index in [-0.39, 0.29) is 0 Å². The molecule has 0 saturated carbocycles. The van der Waals surface area contributed by atoms with Crippen LogP contribution in [0.3, 0.4) is 0 Å². The van der Waals surface area contributed by atoms with Crippen LogP contribution in [0.25, 0.3) is 0 Å². The molecule has 0 rings (SSSR count). The highest BCUT2D eigenvalue weighted by Gasteiger charge is 1.71. The molecule has 0 spiro atoms. The van der Waals surface area contributed by atoms with Crippen molar-refractivity contribution in [2.75, 3.05) is 6.61 Å². The molecule has 0 saturated heterocycles. The minimum Gasteiger partial charge on any atom is -0.482 e. The van der Waals surface area contributed by atoms with Gasteiger partial charge in [0.15, 0.2) is 6.40 Å². The van der Waals surface area contributed by atoms with Gasteiger partial charge in [-0.25, -0.2) is 0 Å². The van der Waals surface area contributed by atoms with E-state index < -0.39 is 0 Å². The molecular formula is C4H10N2O. The van der Waals surface area contributed by atoms with Crippen LogP contribution in [0, 0.1) is 0 Å². The largest absolute Gasteiger partial charge is 0.482 e. The summed E-state index contributed by atoms with van der Waals surface area (Å²) >= 11 is 0. The Hall–Kier alpha value is -0.730. The van der Waals surface area contributed by atoms with Crippen LogP contribution in [0.1, 0.15) is 13.3 Å². The van der Waals surface area contributed by atoms with E-state index in [0.717, 1.165) is 6.42 Å². The van der Waals surface area contributed by atoms with E-state index in [1.54, 1.807) is 0 Å². The van der Waals surface area contributed by atoms with Crippen molar-refractivity contribution in [3.8, 4) is 0 Å². The summed E-state index contributed by atoms with van der Waals surface area (Å²) in [5.41, 5.74) is 0. The normalized spacial score (nSPS) is 9.86. The Bertz CT molecular complexity index is 53.7. The van der Waals surface area contributed by atoms with Crippen molar-refractivity contribution < 1.29 is 4.74 Å². The molecule has 2 N–H and O–H groups in total. The number of hydrogen-bond donors (Lipinski definition) is 1. The molecule has 0 fully saturated rings. The highest BCUT2D eigenvalue weighted by Crippen LogP contribution is 1.72. The maximum Gasteiger partial charge on any atom is 0.192 e. The van der Waals surface area contributed by atoms with Crippen molar-refractivity contribution in [3.05, 3.63) is 0 Å². The molecule has 0 bridgehead atoms. The number of nitrogens with two attached hydrogens (primary N) is 1. The number of hydrazone groups is 1. The van der Waals surface area contributed by atoms with Gasteiger partial charge in [0.2, 0.25) is 0 Å². The SMILES string of the molecule is CCCO/C=N\N. The Morgan fingerprint density at radius 3 is 3.00 bits per heavy atom. The molecule has 0 aromatic heterocycles. The van der Waals surface area contributed by atoms with E-state index >= 15 is 0 Å². The Morgan fingerprint density at radius 2 is 2.57 bits per heavy atom. The maximum absolute atomic E-state index is 4.72. The zero-order valence-electron chi connectivity index (χ0n) is 4.42. The summed E-state index contributed by atoms with van der Waals surface area (Å²) in [7, 11) is 0. The molecule has 3 nitrogen and oxygen atoms in total. The minimum atomic E-state index is 0.695. The summed E-state index contributed by atoms with van der Waals surface area (Å²) in [6.07, 6.45) is 2.23. The lowest BCUT2D eigenvalue weighted by Crippen LogP contribution is -1.91. The molecule has 0 heterocycles. The van der Waals surface area contributed by atoms with Crippen LogP contribution in [0.15, 0.2) is 5.10 Å². The molecule has 0 atom stereocenters. The first-order valence-corrected chi connectivity index (χ1v) is 2.25. The van der Waals surface area contributed by atoms with Gasteiger partial charge in [0.1, 0.15) is 0 Å². The Morgan fingerprint density at radius 1 is 1.86 bits per heavy atom. The monoisotopic (exact) mass is 102 g/mol. The van der Waals surface area contributed by atoms with Crippen molar-refractivity contribution in [3.63, 3.8) is 0 Å². The summed E-state index contributed by atoms with van der Waals surface area (Å²) in [5.74, 6) is 4.71. The van der Waals surface area contributed by atoms with Gasteiger partial charge in [0, 0.05) is 0 Å².